The molecule has 3 nitrogen and oxygen atoms in total. The molecule has 0 heterocycles. The van der Waals surface area contributed by atoms with Crippen LogP contribution >= 0.6 is 0 Å². The maximum Gasteiger partial charge on any atom is 0.319 e. The van der Waals surface area contributed by atoms with Crippen LogP contribution in [-0.4, -0.2) is 6.03 Å². The summed E-state index contributed by atoms with van der Waals surface area (Å²) < 4.78 is 0. The van der Waals surface area contributed by atoms with E-state index in [4.69, 9.17) is 0 Å². The Morgan fingerprint density at radius 3 is 2.30 bits per heavy atom. The van der Waals surface area contributed by atoms with Crippen molar-refractivity contribution in [3.63, 3.8) is 0 Å². The first-order valence-corrected chi connectivity index (χ1v) is 6.71. The minimum Gasteiger partial charge on any atom is -0.334 e. The zero-order chi connectivity index (χ0) is 14.5. The van der Waals surface area contributed by atoms with Crippen LogP contribution in [0.3, 0.4) is 0 Å². The lowest BCUT2D eigenvalue weighted by atomic mass is 10.1. The van der Waals surface area contributed by atoms with E-state index in [9.17, 15) is 4.79 Å². The largest absolute Gasteiger partial charge is 0.334 e. The molecule has 104 valence electrons. The molecule has 0 aromatic heterocycles. The van der Waals surface area contributed by atoms with Crippen molar-refractivity contribution < 1.29 is 4.79 Å². The average Bonchev–Trinajstić information content (AvgIpc) is 2.35. The Morgan fingerprint density at radius 2 is 1.65 bits per heavy atom. The monoisotopic (exact) mass is 268 g/mol. The number of nitrogens with one attached hydrogen (secondary N) is 2. The number of carbonyl (C=O) groups is 1. The standard InChI is InChI=1S/C17H20N2O/c1-12-5-4-6-15(8-12)11-18-17(20)19-16-9-13(2)7-14(3)10-16/h4-10H,11H2,1-3H3,(H2,18,19,20). The van der Waals surface area contributed by atoms with Crippen LogP contribution in [0.4, 0.5) is 10.5 Å². The maximum absolute atomic E-state index is 11.9. The quantitative estimate of drug-likeness (QED) is 0.870. The lowest BCUT2D eigenvalue weighted by Gasteiger charge is -2.09. The molecule has 0 saturated carbocycles. The summed E-state index contributed by atoms with van der Waals surface area (Å²) in [6.07, 6.45) is 0. The maximum atomic E-state index is 11.9. The molecule has 2 aromatic carbocycles. The Kier molecular flexibility index (Phi) is 4.41. The van der Waals surface area contributed by atoms with Crippen molar-refractivity contribution in [2.45, 2.75) is 27.3 Å². The van der Waals surface area contributed by atoms with Crippen LogP contribution < -0.4 is 10.6 Å². The first-order valence-electron chi connectivity index (χ1n) is 6.71. The van der Waals surface area contributed by atoms with Gasteiger partial charge in [-0.25, -0.2) is 4.79 Å². The zero-order valence-corrected chi connectivity index (χ0v) is 12.2. The lowest BCUT2D eigenvalue weighted by Crippen LogP contribution is -2.28. The van der Waals surface area contributed by atoms with Crippen molar-refractivity contribution in [2.24, 2.45) is 0 Å². The van der Waals surface area contributed by atoms with Crippen LogP contribution in [0.5, 0.6) is 0 Å². The number of urea groups is 1. The molecule has 2 amide bonds. The Labute approximate surface area is 120 Å². The summed E-state index contributed by atoms with van der Waals surface area (Å²) >= 11 is 0. The third-order valence-electron chi connectivity index (χ3n) is 3.02. The van der Waals surface area contributed by atoms with Gasteiger partial charge < -0.3 is 10.6 Å². The smallest absolute Gasteiger partial charge is 0.319 e. The fourth-order valence-electron chi connectivity index (χ4n) is 2.23. The molecule has 0 saturated heterocycles. The molecule has 2 N–H and O–H groups in total. The number of aryl methyl sites for hydroxylation is 3. The van der Waals surface area contributed by atoms with Gasteiger partial charge in [0.05, 0.1) is 0 Å². The van der Waals surface area contributed by atoms with Crippen molar-refractivity contribution in [1.82, 2.24) is 5.32 Å². The molecule has 0 aliphatic heterocycles. The molecular formula is C17H20N2O. The van der Waals surface area contributed by atoms with E-state index < -0.39 is 0 Å². The van der Waals surface area contributed by atoms with Gasteiger partial charge in [0.25, 0.3) is 0 Å². The van der Waals surface area contributed by atoms with E-state index in [2.05, 4.69) is 22.8 Å². The molecule has 0 fully saturated rings. The third-order valence-corrected chi connectivity index (χ3v) is 3.02. The number of benzene rings is 2. The van der Waals surface area contributed by atoms with Gasteiger partial charge in [0.15, 0.2) is 0 Å². The molecule has 0 spiro atoms. The molecule has 0 unspecified atom stereocenters. The van der Waals surface area contributed by atoms with Crippen molar-refractivity contribution in [3.05, 3.63) is 64.7 Å². The molecule has 0 aliphatic rings. The predicted octanol–water partition coefficient (Wildman–Crippen LogP) is 3.93. The van der Waals surface area contributed by atoms with Gasteiger partial charge in [-0.1, -0.05) is 35.9 Å². The molecule has 0 aliphatic carbocycles. The summed E-state index contributed by atoms with van der Waals surface area (Å²) in [5.74, 6) is 0. The molecular weight excluding hydrogens is 248 g/mol. The summed E-state index contributed by atoms with van der Waals surface area (Å²) in [4.78, 5) is 11.9. The molecule has 3 heteroatoms. The Bertz CT molecular complexity index is 600. The second kappa shape index (κ2) is 6.24. The Balaban J connectivity index is 1.92. The predicted molar refractivity (Wildman–Crippen MR) is 83.0 cm³/mol. The van der Waals surface area contributed by atoms with Gasteiger partial charge in [-0.3, -0.25) is 0 Å². The summed E-state index contributed by atoms with van der Waals surface area (Å²) in [5, 5.41) is 5.72. The van der Waals surface area contributed by atoms with E-state index in [1.165, 1.54) is 5.56 Å². The molecule has 0 bridgehead atoms. The van der Waals surface area contributed by atoms with Crippen LogP contribution in [0.15, 0.2) is 42.5 Å². The van der Waals surface area contributed by atoms with Gasteiger partial charge in [0, 0.05) is 12.2 Å². The number of hydrogen-bond donors (Lipinski definition) is 2. The van der Waals surface area contributed by atoms with Gasteiger partial charge in [-0.15, -0.1) is 0 Å². The fraction of sp³-hybridized carbons (Fsp3) is 0.235. The minimum absolute atomic E-state index is 0.184. The highest BCUT2D eigenvalue weighted by molar-refractivity contribution is 5.89. The first kappa shape index (κ1) is 14.1. The molecule has 0 atom stereocenters. The van der Waals surface area contributed by atoms with Crippen LogP contribution in [0.2, 0.25) is 0 Å². The van der Waals surface area contributed by atoms with E-state index in [1.54, 1.807) is 0 Å². The van der Waals surface area contributed by atoms with Crippen molar-refractivity contribution in [2.75, 3.05) is 5.32 Å². The normalized spacial score (nSPS) is 10.2. The Hall–Kier alpha value is -2.29. The summed E-state index contributed by atoms with van der Waals surface area (Å²) in [6, 6.07) is 13.9. The number of amides is 2. The number of anilines is 1. The van der Waals surface area contributed by atoms with Crippen LogP contribution in [0.25, 0.3) is 0 Å². The third kappa shape index (κ3) is 4.12. The first-order chi connectivity index (χ1) is 9.52. The SMILES string of the molecule is Cc1cccc(CNC(=O)Nc2cc(C)cc(C)c2)c1. The van der Waals surface area contributed by atoms with E-state index in [0.717, 1.165) is 22.4 Å². The number of hydrogen-bond acceptors (Lipinski definition) is 1. The van der Waals surface area contributed by atoms with E-state index in [0.29, 0.717) is 6.54 Å². The number of rotatable bonds is 3. The van der Waals surface area contributed by atoms with Crippen molar-refractivity contribution in [1.29, 1.82) is 0 Å². The number of carbonyl (C=O) groups excluding carboxylic acids is 1. The zero-order valence-electron chi connectivity index (χ0n) is 12.2. The van der Waals surface area contributed by atoms with Gasteiger partial charge in [-0.05, 0) is 49.6 Å². The van der Waals surface area contributed by atoms with Gasteiger partial charge in [-0.2, -0.15) is 0 Å². The van der Waals surface area contributed by atoms with E-state index in [1.807, 2.05) is 51.1 Å². The molecule has 2 rings (SSSR count). The van der Waals surface area contributed by atoms with Gasteiger partial charge in [0.1, 0.15) is 0 Å². The minimum atomic E-state index is -0.184. The van der Waals surface area contributed by atoms with Crippen molar-refractivity contribution in [3.8, 4) is 0 Å². The highest BCUT2D eigenvalue weighted by atomic mass is 16.2. The van der Waals surface area contributed by atoms with Crippen LogP contribution in [-0.2, 0) is 6.54 Å². The summed E-state index contributed by atoms with van der Waals surface area (Å²) in [6.45, 7) is 6.60. The Morgan fingerprint density at radius 1 is 0.950 bits per heavy atom. The molecule has 2 aromatic rings. The average molecular weight is 268 g/mol. The van der Waals surface area contributed by atoms with Gasteiger partial charge in [0.2, 0.25) is 0 Å². The highest BCUT2D eigenvalue weighted by Crippen LogP contribution is 2.13. The summed E-state index contributed by atoms with van der Waals surface area (Å²) in [7, 11) is 0. The molecule has 20 heavy (non-hydrogen) atoms. The van der Waals surface area contributed by atoms with Crippen LogP contribution in [0.1, 0.15) is 22.3 Å². The second-order valence-corrected chi connectivity index (χ2v) is 5.17. The summed E-state index contributed by atoms with van der Waals surface area (Å²) in [5.41, 5.74) is 5.39. The second-order valence-electron chi connectivity index (χ2n) is 5.17. The topological polar surface area (TPSA) is 41.1 Å². The van der Waals surface area contributed by atoms with Crippen molar-refractivity contribution >= 4 is 11.7 Å². The van der Waals surface area contributed by atoms with E-state index in [-0.39, 0.29) is 6.03 Å². The van der Waals surface area contributed by atoms with E-state index >= 15 is 0 Å². The van der Waals surface area contributed by atoms with Gasteiger partial charge >= 0.3 is 6.03 Å². The fourth-order valence-corrected chi connectivity index (χ4v) is 2.23. The lowest BCUT2D eigenvalue weighted by molar-refractivity contribution is 0.251. The highest BCUT2D eigenvalue weighted by Gasteiger charge is 2.03. The molecule has 0 radical (unpaired) electrons. The van der Waals surface area contributed by atoms with Crippen LogP contribution in [0, 0.1) is 20.8 Å².